The number of rotatable bonds is 5. The van der Waals surface area contributed by atoms with Crippen LogP contribution in [0, 0.1) is 6.92 Å². The molecule has 0 spiro atoms. The molecule has 0 aliphatic rings. The van der Waals surface area contributed by atoms with Crippen LogP contribution in [0.2, 0.25) is 0 Å². The highest BCUT2D eigenvalue weighted by molar-refractivity contribution is 7.91. The first kappa shape index (κ1) is 22.8. The predicted octanol–water partition coefficient (Wildman–Crippen LogP) is 4.04. The fourth-order valence-corrected chi connectivity index (χ4v) is 4.19. The third-order valence-corrected chi connectivity index (χ3v) is 6.04. The minimum Gasteiger partial charge on any atom is -0.362 e. The fraction of sp³-hybridized carbons (Fsp3) is 0.200. The van der Waals surface area contributed by atoms with Crippen molar-refractivity contribution in [1.82, 2.24) is 19.8 Å². The van der Waals surface area contributed by atoms with E-state index in [1.807, 2.05) is 6.92 Å². The largest absolute Gasteiger partial charge is 0.435 e. The minimum absolute atomic E-state index is 0.0462. The van der Waals surface area contributed by atoms with E-state index in [9.17, 15) is 21.6 Å². The topological polar surface area (TPSA) is 76.0 Å². The molecule has 2 N–H and O–H groups in total. The molecule has 3 rings (SSSR count). The first-order valence-electron chi connectivity index (χ1n) is 9.16. The molecule has 0 aliphatic carbocycles. The number of hydrogen-bond acceptors (Lipinski definition) is 4. The number of hydrogen-bond donors (Lipinski definition) is 2. The molecule has 0 saturated heterocycles. The first-order chi connectivity index (χ1) is 14.5. The maximum absolute atomic E-state index is 13.3. The average Bonchev–Trinajstić information content (AvgIpc) is 3.14. The molecule has 0 amide bonds. The molecule has 0 saturated carbocycles. The molecule has 2 aromatic carbocycles. The second kappa shape index (κ2) is 8.67. The second-order valence-electron chi connectivity index (χ2n) is 6.65. The Bertz CT molecular complexity index is 1190. The maximum Gasteiger partial charge on any atom is 0.435 e. The van der Waals surface area contributed by atoms with Crippen molar-refractivity contribution >= 4 is 27.4 Å². The fourth-order valence-electron chi connectivity index (χ4n) is 2.79. The zero-order valence-electron chi connectivity index (χ0n) is 16.6. The smallest absolute Gasteiger partial charge is 0.362 e. The molecule has 0 bridgehead atoms. The van der Waals surface area contributed by atoms with Crippen LogP contribution in [0.5, 0.6) is 0 Å². The molecule has 31 heavy (non-hydrogen) atoms. The van der Waals surface area contributed by atoms with Gasteiger partial charge in [-0.3, -0.25) is 4.72 Å². The number of thiocarbonyl (C=S) groups is 1. The Labute approximate surface area is 183 Å². The first-order valence-corrected chi connectivity index (χ1v) is 11.1. The van der Waals surface area contributed by atoms with Crippen LogP contribution in [0.3, 0.4) is 0 Å². The van der Waals surface area contributed by atoms with Gasteiger partial charge in [-0.15, -0.1) is 0 Å². The quantitative estimate of drug-likeness (QED) is 0.553. The lowest BCUT2D eigenvalue weighted by Gasteiger charge is -2.11. The molecular formula is C20H19F3N4O2S2. The van der Waals surface area contributed by atoms with Crippen LogP contribution >= 0.6 is 12.2 Å². The summed E-state index contributed by atoms with van der Waals surface area (Å²) in [5, 5.41) is 6.34. The van der Waals surface area contributed by atoms with E-state index in [0.717, 1.165) is 16.3 Å². The van der Waals surface area contributed by atoms with Crippen molar-refractivity contribution in [3.05, 3.63) is 65.9 Å². The Hall–Kier alpha value is -2.92. The lowest BCUT2D eigenvalue weighted by molar-refractivity contribution is -0.141. The third-order valence-electron chi connectivity index (χ3n) is 4.30. The predicted molar refractivity (Wildman–Crippen MR) is 115 cm³/mol. The van der Waals surface area contributed by atoms with Gasteiger partial charge in [0.15, 0.2) is 10.8 Å². The highest BCUT2D eigenvalue weighted by Gasteiger charge is 2.35. The molecular weight excluding hydrogens is 449 g/mol. The number of alkyl halides is 3. The van der Waals surface area contributed by atoms with Gasteiger partial charge in [0, 0.05) is 12.1 Å². The number of sulfonamides is 1. The van der Waals surface area contributed by atoms with Crippen molar-refractivity contribution in [2.24, 2.45) is 0 Å². The van der Waals surface area contributed by atoms with Gasteiger partial charge in [0.05, 0.1) is 16.3 Å². The van der Waals surface area contributed by atoms with E-state index in [2.05, 4.69) is 15.1 Å². The number of nitrogens with one attached hydrogen (secondary N) is 2. The molecule has 0 fully saturated rings. The highest BCUT2D eigenvalue weighted by atomic mass is 32.2. The summed E-state index contributed by atoms with van der Waals surface area (Å²) in [6.45, 7) is 4.08. The monoisotopic (exact) mass is 468 g/mol. The summed E-state index contributed by atoms with van der Waals surface area (Å²) in [6.07, 6.45) is -4.63. The van der Waals surface area contributed by atoms with Crippen molar-refractivity contribution in [3.8, 4) is 16.9 Å². The van der Waals surface area contributed by atoms with Gasteiger partial charge in [0.2, 0.25) is 0 Å². The van der Waals surface area contributed by atoms with Crippen molar-refractivity contribution < 1.29 is 21.6 Å². The zero-order valence-corrected chi connectivity index (χ0v) is 18.2. The SMILES string of the molecule is CCNC(=S)NS(=O)(=O)c1ccc(-n2nc(C(F)(F)F)cc2-c2ccc(C)cc2)cc1. The molecule has 0 atom stereocenters. The lowest BCUT2D eigenvalue weighted by atomic mass is 10.1. The van der Waals surface area contributed by atoms with Crippen LogP contribution in [0.15, 0.2) is 59.5 Å². The lowest BCUT2D eigenvalue weighted by Crippen LogP contribution is -2.38. The van der Waals surface area contributed by atoms with E-state index in [0.29, 0.717) is 12.1 Å². The molecule has 11 heteroatoms. The summed E-state index contributed by atoms with van der Waals surface area (Å²) in [7, 11) is -3.93. The number of aromatic nitrogens is 2. The summed E-state index contributed by atoms with van der Waals surface area (Å²) in [4.78, 5) is -0.0865. The van der Waals surface area contributed by atoms with Crippen LogP contribution in [0.1, 0.15) is 18.2 Å². The molecule has 1 heterocycles. The molecule has 0 unspecified atom stereocenters. The number of aryl methyl sites for hydroxylation is 1. The third kappa shape index (κ3) is 5.23. The standard InChI is InChI=1S/C20H19F3N4O2S2/c1-3-24-19(30)26-31(28,29)16-10-8-15(9-11-16)27-17(12-18(25-27)20(21,22)23)14-6-4-13(2)5-7-14/h4-12H,3H2,1-2H3,(H2,24,26,30). The maximum atomic E-state index is 13.3. The van der Waals surface area contributed by atoms with Crippen LogP contribution < -0.4 is 10.0 Å². The van der Waals surface area contributed by atoms with Crippen molar-refractivity contribution in [2.75, 3.05) is 6.54 Å². The van der Waals surface area contributed by atoms with E-state index in [1.165, 1.54) is 24.3 Å². The molecule has 6 nitrogen and oxygen atoms in total. The highest BCUT2D eigenvalue weighted by Crippen LogP contribution is 2.33. The molecule has 3 aromatic rings. The Balaban J connectivity index is 2.01. The van der Waals surface area contributed by atoms with Crippen molar-refractivity contribution in [1.29, 1.82) is 0 Å². The van der Waals surface area contributed by atoms with Gasteiger partial charge in [0.25, 0.3) is 10.0 Å². The summed E-state index contributed by atoms with van der Waals surface area (Å²) in [5.74, 6) is 0. The molecule has 0 aliphatic heterocycles. The van der Waals surface area contributed by atoms with Gasteiger partial charge < -0.3 is 5.32 Å². The second-order valence-corrected chi connectivity index (χ2v) is 8.74. The molecule has 164 valence electrons. The minimum atomic E-state index is -4.63. The van der Waals surface area contributed by atoms with E-state index in [1.54, 1.807) is 31.2 Å². The van der Waals surface area contributed by atoms with Crippen LogP contribution in [-0.2, 0) is 16.2 Å². The Morgan fingerprint density at radius 2 is 1.71 bits per heavy atom. The Morgan fingerprint density at radius 3 is 2.26 bits per heavy atom. The average molecular weight is 469 g/mol. The molecule has 1 aromatic heterocycles. The van der Waals surface area contributed by atoms with E-state index >= 15 is 0 Å². The Kier molecular flexibility index (Phi) is 6.37. The van der Waals surface area contributed by atoms with Gasteiger partial charge in [0.1, 0.15) is 0 Å². The zero-order chi connectivity index (χ0) is 22.8. The van der Waals surface area contributed by atoms with E-state index in [4.69, 9.17) is 12.2 Å². The summed E-state index contributed by atoms with van der Waals surface area (Å²) >= 11 is 4.90. The summed E-state index contributed by atoms with van der Waals surface area (Å²) in [5.41, 5.74) is 0.970. The van der Waals surface area contributed by atoms with Gasteiger partial charge in [-0.2, -0.15) is 18.3 Å². The molecule has 0 radical (unpaired) electrons. The van der Waals surface area contributed by atoms with Gasteiger partial charge in [-0.05, 0) is 56.4 Å². The Morgan fingerprint density at radius 1 is 1.10 bits per heavy atom. The summed E-state index contributed by atoms with van der Waals surface area (Å²) in [6, 6.07) is 13.3. The normalized spacial score (nSPS) is 11.9. The van der Waals surface area contributed by atoms with Gasteiger partial charge in [-0.1, -0.05) is 29.8 Å². The van der Waals surface area contributed by atoms with Crippen LogP contribution in [0.4, 0.5) is 13.2 Å². The van der Waals surface area contributed by atoms with Crippen molar-refractivity contribution in [3.63, 3.8) is 0 Å². The number of halogens is 3. The van der Waals surface area contributed by atoms with E-state index < -0.39 is 21.9 Å². The van der Waals surface area contributed by atoms with Crippen LogP contribution in [0.25, 0.3) is 16.9 Å². The summed E-state index contributed by atoms with van der Waals surface area (Å²) < 4.78 is 68.1. The number of benzene rings is 2. The van der Waals surface area contributed by atoms with Gasteiger partial charge in [-0.25, -0.2) is 13.1 Å². The van der Waals surface area contributed by atoms with Crippen molar-refractivity contribution in [2.45, 2.75) is 24.9 Å². The number of nitrogens with zero attached hydrogens (tertiary/aromatic N) is 2. The van der Waals surface area contributed by atoms with Crippen LogP contribution in [-0.4, -0.2) is 29.9 Å². The van der Waals surface area contributed by atoms with Gasteiger partial charge >= 0.3 is 6.18 Å². The van der Waals surface area contributed by atoms with E-state index in [-0.39, 0.29) is 21.4 Å².